The fourth-order valence-corrected chi connectivity index (χ4v) is 3.81. The SMILES string of the molecule is CCOc1c(Br)cc(CNCC2(C3CC3)CC2)cc1OC. The van der Waals surface area contributed by atoms with Gasteiger partial charge >= 0.3 is 0 Å². The number of hydrogen-bond acceptors (Lipinski definition) is 3. The quantitative estimate of drug-likeness (QED) is 0.761. The molecule has 2 aliphatic rings. The van der Waals surface area contributed by atoms with Gasteiger partial charge in [-0.2, -0.15) is 0 Å². The molecular formula is C17H24BrNO2. The monoisotopic (exact) mass is 353 g/mol. The maximum atomic E-state index is 5.63. The van der Waals surface area contributed by atoms with Gasteiger partial charge < -0.3 is 14.8 Å². The van der Waals surface area contributed by atoms with E-state index in [4.69, 9.17) is 9.47 Å². The Morgan fingerprint density at radius 1 is 1.33 bits per heavy atom. The summed E-state index contributed by atoms with van der Waals surface area (Å²) in [5.41, 5.74) is 1.88. The summed E-state index contributed by atoms with van der Waals surface area (Å²) in [7, 11) is 1.69. The minimum atomic E-state index is 0.635. The Labute approximate surface area is 135 Å². The molecular weight excluding hydrogens is 330 g/mol. The Bertz CT molecular complexity index is 510. The van der Waals surface area contributed by atoms with Gasteiger partial charge in [-0.15, -0.1) is 0 Å². The zero-order valence-electron chi connectivity index (χ0n) is 12.9. The minimum Gasteiger partial charge on any atom is -0.493 e. The summed E-state index contributed by atoms with van der Waals surface area (Å²) >= 11 is 3.58. The van der Waals surface area contributed by atoms with Crippen LogP contribution >= 0.6 is 15.9 Å². The van der Waals surface area contributed by atoms with Crippen LogP contribution in [0.25, 0.3) is 0 Å². The van der Waals surface area contributed by atoms with Gasteiger partial charge in [-0.25, -0.2) is 0 Å². The summed E-state index contributed by atoms with van der Waals surface area (Å²) < 4.78 is 12.0. The molecule has 21 heavy (non-hydrogen) atoms. The summed E-state index contributed by atoms with van der Waals surface area (Å²) in [6, 6.07) is 4.19. The van der Waals surface area contributed by atoms with Gasteiger partial charge in [0.1, 0.15) is 0 Å². The number of ether oxygens (including phenoxy) is 2. The van der Waals surface area contributed by atoms with Gasteiger partial charge in [0.2, 0.25) is 0 Å². The van der Waals surface area contributed by atoms with Crippen LogP contribution in [0.4, 0.5) is 0 Å². The van der Waals surface area contributed by atoms with Crippen LogP contribution in [0, 0.1) is 11.3 Å². The van der Waals surface area contributed by atoms with Crippen LogP contribution < -0.4 is 14.8 Å². The molecule has 1 N–H and O–H groups in total. The van der Waals surface area contributed by atoms with Crippen molar-refractivity contribution in [3.8, 4) is 11.5 Å². The molecule has 0 atom stereocenters. The van der Waals surface area contributed by atoms with Crippen molar-refractivity contribution >= 4 is 15.9 Å². The van der Waals surface area contributed by atoms with Crippen LogP contribution in [0.3, 0.4) is 0 Å². The van der Waals surface area contributed by atoms with E-state index in [1.54, 1.807) is 7.11 Å². The average Bonchev–Trinajstić information content (AvgIpc) is 3.34. The van der Waals surface area contributed by atoms with E-state index in [0.29, 0.717) is 12.0 Å². The molecule has 4 heteroatoms. The Kier molecular flexibility index (Phi) is 4.46. The first-order valence-electron chi connectivity index (χ1n) is 7.88. The largest absolute Gasteiger partial charge is 0.493 e. The molecule has 3 nitrogen and oxygen atoms in total. The van der Waals surface area contributed by atoms with E-state index in [2.05, 4.69) is 33.4 Å². The third-order valence-electron chi connectivity index (χ3n) is 4.72. The molecule has 0 aliphatic heterocycles. The van der Waals surface area contributed by atoms with E-state index >= 15 is 0 Å². The number of rotatable bonds is 8. The van der Waals surface area contributed by atoms with E-state index in [0.717, 1.165) is 35.0 Å². The highest BCUT2D eigenvalue weighted by atomic mass is 79.9. The van der Waals surface area contributed by atoms with Gasteiger partial charge in [0.25, 0.3) is 0 Å². The van der Waals surface area contributed by atoms with Gasteiger partial charge in [-0.3, -0.25) is 0 Å². The van der Waals surface area contributed by atoms with Crippen molar-refractivity contribution < 1.29 is 9.47 Å². The van der Waals surface area contributed by atoms with Crippen LogP contribution in [0.5, 0.6) is 11.5 Å². The highest BCUT2D eigenvalue weighted by Gasteiger charge is 2.53. The molecule has 0 radical (unpaired) electrons. The summed E-state index contributed by atoms with van der Waals surface area (Å²) in [6.45, 7) is 4.66. The molecule has 1 aromatic rings. The standard InChI is InChI=1S/C17H24BrNO2/c1-3-21-16-14(18)8-12(9-15(16)20-2)10-19-11-17(6-7-17)13-4-5-13/h8-9,13,19H,3-7,10-11H2,1-2H3. The van der Waals surface area contributed by atoms with Gasteiger partial charge in [0.05, 0.1) is 18.2 Å². The molecule has 0 unspecified atom stereocenters. The van der Waals surface area contributed by atoms with Crippen molar-refractivity contribution in [2.75, 3.05) is 20.3 Å². The number of nitrogens with one attached hydrogen (secondary N) is 1. The van der Waals surface area contributed by atoms with Crippen molar-refractivity contribution in [1.82, 2.24) is 5.32 Å². The molecule has 0 bridgehead atoms. The van der Waals surface area contributed by atoms with Gasteiger partial charge in [0, 0.05) is 13.1 Å². The first-order valence-corrected chi connectivity index (χ1v) is 8.68. The van der Waals surface area contributed by atoms with Crippen molar-refractivity contribution in [2.24, 2.45) is 11.3 Å². The lowest BCUT2D eigenvalue weighted by atomic mass is 10.0. The van der Waals surface area contributed by atoms with Gasteiger partial charge in [-0.1, -0.05) is 0 Å². The van der Waals surface area contributed by atoms with E-state index < -0.39 is 0 Å². The van der Waals surface area contributed by atoms with Crippen molar-refractivity contribution in [3.05, 3.63) is 22.2 Å². The predicted molar refractivity (Wildman–Crippen MR) is 88.0 cm³/mol. The molecule has 3 rings (SSSR count). The zero-order valence-corrected chi connectivity index (χ0v) is 14.5. The first kappa shape index (κ1) is 15.2. The lowest BCUT2D eigenvalue weighted by Crippen LogP contribution is -2.25. The second-order valence-electron chi connectivity index (χ2n) is 6.28. The lowest BCUT2D eigenvalue weighted by Gasteiger charge is -2.16. The van der Waals surface area contributed by atoms with Crippen molar-refractivity contribution in [3.63, 3.8) is 0 Å². The predicted octanol–water partition coefficient (Wildman–Crippen LogP) is 4.14. The Morgan fingerprint density at radius 3 is 2.67 bits per heavy atom. The fraction of sp³-hybridized carbons (Fsp3) is 0.647. The van der Waals surface area contributed by atoms with Crippen LogP contribution in [-0.4, -0.2) is 20.3 Å². The van der Waals surface area contributed by atoms with E-state index in [1.165, 1.54) is 31.2 Å². The van der Waals surface area contributed by atoms with Crippen molar-refractivity contribution in [2.45, 2.75) is 39.2 Å². The fourth-order valence-electron chi connectivity index (χ4n) is 3.20. The molecule has 116 valence electrons. The molecule has 0 heterocycles. The maximum Gasteiger partial charge on any atom is 0.175 e. The van der Waals surface area contributed by atoms with Crippen LogP contribution in [0.15, 0.2) is 16.6 Å². The number of methoxy groups -OCH3 is 1. The molecule has 2 aliphatic carbocycles. The number of benzene rings is 1. The highest BCUT2D eigenvalue weighted by molar-refractivity contribution is 9.10. The normalized spacial score (nSPS) is 19.4. The Balaban J connectivity index is 1.61. The molecule has 0 spiro atoms. The first-order chi connectivity index (χ1) is 10.2. The third-order valence-corrected chi connectivity index (χ3v) is 5.31. The van der Waals surface area contributed by atoms with E-state index in [9.17, 15) is 0 Å². The second kappa shape index (κ2) is 6.17. The van der Waals surface area contributed by atoms with E-state index in [1.807, 2.05) is 6.92 Å². The average molecular weight is 354 g/mol. The molecule has 2 fully saturated rings. The molecule has 1 aromatic carbocycles. The van der Waals surface area contributed by atoms with Crippen LogP contribution in [0.2, 0.25) is 0 Å². The lowest BCUT2D eigenvalue weighted by molar-refractivity contribution is 0.308. The van der Waals surface area contributed by atoms with Crippen LogP contribution in [-0.2, 0) is 6.54 Å². The van der Waals surface area contributed by atoms with Crippen molar-refractivity contribution in [1.29, 1.82) is 0 Å². The summed E-state index contributed by atoms with van der Waals surface area (Å²) in [5, 5.41) is 3.64. The van der Waals surface area contributed by atoms with E-state index in [-0.39, 0.29) is 0 Å². The van der Waals surface area contributed by atoms with Gasteiger partial charge in [0.15, 0.2) is 11.5 Å². The third kappa shape index (κ3) is 3.37. The summed E-state index contributed by atoms with van der Waals surface area (Å²) in [6.07, 6.45) is 5.73. The zero-order chi connectivity index (χ0) is 14.9. The minimum absolute atomic E-state index is 0.635. The summed E-state index contributed by atoms with van der Waals surface area (Å²) in [4.78, 5) is 0. The Hall–Kier alpha value is -0.740. The Morgan fingerprint density at radius 2 is 2.10 bits per heavy atom. The maximum absolute atomic E-state index is 5.63. The smallest absolute Gasteiger partial charge is 0.175 e. The highest BCUT2D eigenvalue weighted by Crippen LogP contribution is 2.60. The van der Waals surface area contributed by atoms with Gasteiger partial charge in [-0.05, 0) is 77.6 Å². The molecule has 2 saturated carbocycles. The molecule has 0 aromatic heterocycles. The van der Waals surface area contributed by atoms with Crippen LogP contribution in [0.1, 0.15) is 38.2 Å². The summed E-state index contributed by atoms with van der Waals surface area (Å²) in [5.74, 6) is 2.60. The second-order valence-corrected chi connectivity index (χ2v) is 7.14. The topological polar surface area (TPSA) is 30.5 Å². The number of hydrogen-bond donors (Lipinski definition) is 1. The molecule has 0 saturated heterocycles. The number of halogens is 1. The molecule has 0 amide bonds.